The molecule has 0 radical (unpaired) electrons. The number of hydrogen-bond donors (Lipinski definition) is 1. The highest BCUT2D eigenvalue weighted by Gasteiger charge is 2.10. The molecule has 0 spiro atoms. The van der Waals surface area contributed by atoms with Gasteiger partial charge in [-0.15, -0.1) is 0 Å². The SMILES string of the molecule is Cc1cc(C(=O)O)cc(-c2cc(C)ccc2F)c1. The van der Waals surface area contributed by atoms with Crippen molar-refractivity contribution in [3.05, 3.63) is 58.9 Å². The molecule has 2 rings (SSSR count). The van der Waals surface area contributed by atoms with Gasteiger partial charge >= 0.3 is 5.97 Å². The summed E-state index contributed by atoms with van der Waals surface area (Å²) < 4.78 is 13.8. The zero-order chi connectivity index (χ0) is 13.3. The van der Waals surface area contributed by atoms with Crippen molar-refractivity contribution < 1.29 is 14.3 Å². The number of carbonyl (C=O) groups is 1. The molecule has 0 fully saturated rings. The third-order valence-electron chi connectivity index (χ3n) is 2.76. The lowest BCUT2D eigenvalue weighted by atomic mass is 9.98. The summed E-state index contributed by atoms with van der Waals surface area (Å²) in [6.45, 7) is 3.67. The standard InChI is InChI=1S/C15H13FO2/c1-9-3-4-14(16)13(7-9)11-5-10(2)6-12(8-11)15(17)18/h3-8H,1-2H3,(H,17,18). The molecule has 3 heteroatoms. The van der Waals surface area contributed by atoms with Crippen molar-refractivity contribution >= 4 is 5.97 Å². The Labute approximate surface area is 105 Å². The second-order valence-corrected chi connectivity index (χ2v) is 4.38. The number of carboxylic acids is 1. The van der Waals surface area contributed by atoms with Crippen molar-refractivity contribution in [2.24, 2.45) is 0 Å². The number of carboxylic acid groups (broad SMARTS) is 1. The van der Waals surface area contributed by atoms with Gasteiger partial charge in [-0.2, -0.15) is 0 Å². The van der Waals surface area contributed by atoms with Gasteiger partial charge in [0.2, 0.25) is 0 Å². The molecule has 0 aliphatic heterocycles. The second kappa shape index (κ2) is 4.61. The number of hydrogen-bond acceptors (Lipinski definition) is 1. The Bertz CT molecular complexity index is 618. The first-order chi connectivity index (χ1) is 8.47. The molecule has 0 heterocycles. The molecule has 1 N–H and O–H groups in total. The molecule has 0 bridgehead atoms. The number of aromatic carboxylic acids is 1. The summed E-state index contributed by atoms with van der Waals surface area (Å²) in [4.78, 5) is 11.0. The summed E-state index contributed by atoms with van der Waals surface area (Å²) in [7, 11) is 0. The number of halogens is 1. The van der Waals surface area contributed by atoms with Crippen LogP contribution in [-0.2, 0) is 0 Å². The molecule has 0 amide bonds. The first-order valence-electron chi connectivity index (χ1n) is 5.59. The normalized spacial score (nSPS) is 10.4. The summed E-state index contributed by atoms with van der Waals surface area (Å²) in [5, 5.41) is 9.01. The van der Waals surface area contributed by atoms with Gasteiger partial charge in [0, 0.05) is 5.56 Å². The van der Waals surface area contributed by atoms with Gasteiger partial charge in [-0.3, -0.25) is 0 Å². The molecule has 0 aliphatic carbocycles. The Morgan fingerprint density at radius 1 is 1.06 bits per heavy atom. The quantitative estimate of drug-likeness (QED) is 0.872. The van der Waals surface area contributed by atoms with Crippen LogP contribution >= 0.6 is 0 Å². The van der Waals surface area contributed by atoms with Gasteiger partial charge in [-0.1, -0.05) is 17.7 Å². The second-order valence-electron chi connectivity index (χ2n) is 4.38. The Hall–Kier alpha value is -2.16. The van der Waals surface area contributed by atoms with Crippen molar-refractivity contribution in [1.82, 2.24) is 0 Å². The molecule has 0 saturated heterocycles. The van der Waals surface area contributed by atoms with E-state index in [-0.39, 0.29) is 11.4 Å². The van der Waals surface area contributed by atoms with Gasteiger partial charge in [0.1, 0.15) is 5.82 Å². The molecule has 2 aromatic rings. The maximum atomic E-state index is 13.8. The van der Waals surface area contributed by atoms with E-state index in [2.05, 4.69) is 0 Å². The Kier molecular flexibility index (Phi) is 3.15. The molecular formula is C15H13FO2. The first-order valence-corrected chi connectivity index (χ1v) is 5.59. The highest BCUT2D eigenvalue weighted by molar-refractivity contribution is 5.89. The van der Waals surface area contributed by atoms with E-state index in [9.17, 15) is 9.18 Å². The van der Waals surface area contributed by atoms with Gasteiger partial charge in [-0.25, -0.2) is 9.18 Å². The Balaban J connectivity index is 2.63. The zero-order valence-corrected chi connectivity index (χ0v) is 10.2. The fourth-order valence-corrected chi connectivity index (χ4v) is 1.92. The monoisotopic (exact) mass is 244 g/mol. The fourth-order valence-electron chi connectivity index (χ4n) is 1.92. The van der Waals surface area contributed by atoms with Gasteiger partial charge in [0.25, 0.3) is 0 Å². The van der Waals surface area contributed by atoms with E-state index in [1.165, 1.54) is 12.1 Å². The van der Waals surface area contributed by atoms with Crippen molar-refractivity contribution in [3.63, 3.8) is 0 Å². The number of benzene rings is 2. The molecule has 0 aromatic heterocycles. The van der Waals surface area contributed by atoms with E-state index >= 15 is 0 Å². The van der Waals surface area contributed by atoms with Gasteiger partial charge in [0.15, 0.2) is 0 Å². The molecule has 0 atom stereocenters. The van der Waals surface area contributed by atoms with Crippen LogP contribution in [0.4, 0.5) is 4.39 Å². The number of rotatable bonds is 2. The molecular weight excluding hydrogens is 231 g/mol. The minimum absolute atomic E-state index is 0.172. The van der Waals surface area contributed by atoms with Crippen LogP contribution in [0.15, 0.2) is 36.4 Å². The highest BCUT2D eigenvalue weighted by Crippen LogP contribution is 2.26. The maximum Gasteiger partial charge on any atom is 0.335 e. The van der Waals surface area contributed by atoms with E-state index in [1.54, 1.807) is 31.2 Å². The van der Waals surface area contributed by atoms with Gasteiger partial charge in [0.05, 0.1) is 5.56 Å². The van der Waals surface area contributed by atoms with Crippen LogP contribution in [0.1, 0.15) is 21.5 Å². The predicted octanol–water partition coefficient (Wildman–Crippen LogP) is 3.81. The van der Waals surface area contributed by atoms with Gasteiger partial charge < -0.3 is 5.11 Å². The van der Waals surface area contributed by atoms with Crippen LogP contribution in [0, 0.1) is 19.7 Å². The Morgan fingerprint density at radius 3 is 2.44 bits per heavy atom. The van der Waals surface area contributed by atoms with Crippen LogP contribution in [0.25, 0.3) is 11.1 Å². The summed E-state index contributed by atoms with van der Waals surface area (Å²) >= 11 is 0. The van der Waals surface area contributed by atoms with Crippen LogP contribution in [0.3, 0.4) is 0 Å². The third kappa shape index (κ3) is 2.40. The Morgan fingerprint density at radius 2 is 1.78 bits per heavy atom. The lowest BCUT2D eigenvalue weighted by molar-refractivity contribution is 0.0697. The largest absolute Gasteiger partial charge is 0.478 e. The molecule has 2 aromatic carbocycles. The topological polar surface area (TPSA) is 37.3 Å². The zero-order valence-electron chi connectivity index (χ0n) is 10.2. The lowest BCUT2D eigenvalue weighted by Gasteiger charge is -2.07. The van der Waals surface area contributed by atoms with Crippen LogP contribution in [-0.4, -0.2) is 11.1 Å². The molecule has 92 valence electrons. The maximum absolute atomic E-state index is 13.8. The molecule has 18 heavy (non-hydrogen) atoms. The smallest absolute Gasteiger partial charge is 0.335 e. The van der Waals surface area contributed by atoms with Crippen molar-refractivity contribution in [2.45, 2.75) is 13.8 Å². The van der Waals surface area contributed by atoms with E-state index in [4.69, 9.17) is 5.11 Å². The molecule has 0 unspecified atom stereocenters. The van der Waals surface area contributed by atoms with E-state index < -0.39 is 5.97 Å². The predicted molar refractivity (Wildman–Crippen MR) is 68.3 cm³/mol. The average Bonchev–Trinajstić information content (AvgIpc) is 2.31. The lowest BCUT2D eigenvalue weighted by Crippen LogP contribution is -1.98. The van der Waals surface area contributed by atoms with E-state index in [0.29, 0.717) is 11.1 Å². The molecule has 0 aliphatic rings. The van der Waals surface area contributed by atoms with Crippen molar-refractivity contribution in [1.29, 1.82) is 0 Å². The summed E-state index contributed by atoms with van der Waals surface area (Å²) in [5.41, 5.74) is 2.93. The van der Waals surface area contributed by atoms with E-state index in [0.717, 1.165) is 11.1 Å². The minimum Gasteiger partial charge on any atom is -0.478 e. The minimum atomic E-state index is -1.01. The highest BCUT2D eigenvalue weighted by atomic mass is 19.1. The van der Waals surface area contributed by atoms with E-state index in [1.807, 2.05) is 6.92 Å². The molecule has 2 nitrogen and oxygen atoms in total. The number of aryl methyl sites for hydroxylation is 2. The summed E-state index contributed by atoms with van der Waals surface area (Å²) in [6, 6.07) is 9.65. The first kappa shape index (κ1) is 12.3. The van der Waals surface area contributed by atoms with Crippen LogP contribution in [0.5, 0.6) is 0 Å². The molecule has 0 saturated carbocycles. The van der Waals surface area contributed by atoms with Crippen LogP contribution in [0.2, 0.25) is 0 Å². The van der Waals surface area contributed by atoms with Crippen molar-refractivity contribution in [2.75, 3.05) is 0 Å². The van der Waals surface area contributed by atoms with Gasteiger partial charge in [-0.05, 0) is 49.2 Å². The summed E-state index contributed by atoms with van der Waals surface area (Å²) in [6.07, 6.45) is 0. The summed E-state index contributed by atoms with van der Waals surface area (Å²) in [5.74, 6) is -1.35. The van der Waals surface area contributed by atoms with Crippen molar-refractivity contribution in [3.8, 4) is 11.1 Å². The third-order valence-corrected chi connectivity index (χ3v) is 2.76. The fraction of sp³-hybridized carbons (Fsp3) is 0.133. The van der Waals surface area contributed by atoms with Crippen LogP contribution < -0.4 is 0 Å². The average molecular weight is 244 g/mol.